The molecule has 0 aliphatic carbocycles. The number of benzene rings is 1. The molecule has 0 radical (unpaired) electrons. The van der Waals surface area contributed by atoms with Gasteiger partial charge in [-0.15, -0.1) is 0 Å². The summed E-state index contributed by atoms with van der Waals surface area (Å²) in [5, 5.41) is 9.07. The van der Waals surface area contributed by atoms with Gasteiger partial charge in [-0.2, -0.15) is 0 Å². The molecule has 3 N–H and O–H groups in total. The largest absolute Gasteiger partial charge is 0.399 e. The summed E-state index contributed by atoms with van der Waals surface area (Å²) in [6.07, 6.45) is 0. The highest BCUT2D eigenvalue weighted by Gasteiger charge is 2.30. The quantitative estimate of drug-likeness (QED) is 0.764. The zero-order valence-corrected chi connectivity index (χ0v) is 9.98. The van der Waals surface area contributed by atoms with Gasteiger partial charge in [0.25, 0.3) is 0 Å². The molecular weight excluding hydrogens is 200 g/mol. The lowest BCUT2D eigenvalue weighted by Crippen LogP contribution is -2.26. The highest BCUT2D eigenvalue weighted by atomic mass is 16.3. The lowest BCUT2D eigenvalue weighted by Gasteiger charge is -2.19. The maximum atomic E-state index is 9.07. The summed E-state index contributed by atoms with van der Waals surface area (Å²) in [6, 6.07) is 6.12. The Labute approximate surface area is 96.9 Å². The monoisotopic (exact) mass is 220 g/mol. The normalized spacial score (nSPS) is 19.2. The molecule has 0 amide bonds. The average Bonchev–Trinajstić information content (AvgIpc) is 2.58. The number of aliphatic hydroxyl groups is 1. The minimum atomic E-state index is 0.194. The second kappa shape index (κ2) is 4.34. The van der Waals surface area contributed by atoms with Gasteiger partial charge < -0.3 is 15.7 Å². The molecule has 1 aliphatic heterocycles. The number of nitrogens with zero attached hydrogens (tertiary/aromatic N) is 1. The summed E-state index contributed by atoms with van der Waals surface area (Å²) in [5.41, 5.74) is 9.19. The fourth-order valence-corrected chi connectivity index (χ4v) is 2.48. The fourth-order valence-electron chi connectivity index (χ4n) is 2.48. The van der Waals surface area contributed by atoms with Crippen molar-refractivity contribution in [3.05, 3.63) is 23.8 Å². The highest BCUT2D eigenvalue weighted by molar-refractivity contribution is 5.66. The van der Waals surface area contributed by atoms with Crippen molar-refractivity contribution in [2.75, 3.05) is 30.3 Å². The van der Waals surface area contributed by atoms with Crippen LogP contribution >= 0.6 is 0 Å². The third-order valence-corrected chi connectivity index (χ3v) is 3.39. The molecule has 0 bridgehead atoms. The maximum absolute atomic E-state index is 9.07. The number of hydrogen-bond acceptors (Lipinski definition) is 3. The van der Waals surface area contributed by atoms with Gasteiger partial charge in [-0.25, -0.2) is 0 Å². The second-order valence-electron chi connectivity index (χ2n) is 4.84. The van der Waals surface area contributed by atoms with E-state index in [1.807, 2.05) is 12.1 Å². The van der Waals surface area contributed by atoms with E-state index in [4.69, 9.17) is 10.8 Å². The van der Waals surface area contributed by atoms with E-state index in [0.717, 1.165) is 12.2 Å². The SMILES string of the molecule is CC(C)C1CN(CCO)c2cc(N)ccc21. The minimum absolute atomic E-state index is 0.194. The zero-order valence-electron chi connectivity index (χ0n) is 9.98. The van der Waals surface area contributed by atoms with Crippen molar-refractivity contribution in [1.29, 1.82) is 0 Å². The second-order valence-corrected chi connectivity index (χ2v) is 4.84. The van der Waals surface area contributed by atoms with Crippen molar-refractivity contribution in [3.8, 4) is 0 Å². The highest BCUT2D eigenvalue weighted by Crippen LogP contribution is 2.40. The Morgan fingerprint density at radius 2 is 2.25 bits per heavy atom. The van der Waals surface area contributed by atoms with Crippen molar-refractivity contribution in [2.45, 2.75) is 19.8 Å². The summed E-state index contributed by atoms with van der Waals surface area (Å²) >= 11 is 0. The van der Waals surface area contributed by atoms with Crippen LogP contribution in [0.1, 0.15) is 25.3 Å². The number of nitrogen functional groups attached to an aromatic ring is 1. The number of β-amino-alcohol motifs (C(OH)–C–C–N with tert-alkyl or cyclic N) is 1. The first-order chi connectivity index (χ1) is 7.63. The molecule has 0 spiro atoms. The fraction of sp³-hybridized carbons (Fsp3) is 0.538. The molecule has 1 atom stereocenters. The summed E-state index contributed by atoms with van der Waals surface area (Å²) in [5.74, 6) is 1.17. The lowest BCUT2D eigenvalue weighted by atomic mass is 9.90. The maximum Gasteiger partial charge on any atom is 0.0606 e. The Bertz CT molecular complexity index is 376. The zero-order chi connectivity index (χ0) is 11.7. The summed E-state index contributed by atoms with van der Waals surface area (Å²) < 4.78 is 0. The van der Waals surface area contributed by atoms with Crippen LogP contribution in [0.2, 0.25) is 0 Å². The molecule has 0 aromatic heterocycles. The molecule has 2 rings (SSSR count). The third kappa shape index (κ3) is 1.87. The topological polar surface area (TPSA) is 49.5 Å². The number of fused-ring (bicyclic) bond motifs is 1. The Morgan fingerprint density at radius 1 is 1.50 bits per heavy atom. The van der Waals surface area contributed by atoms with E-state index >= 15 is 0 Å². The first-order valence-corrected chi connectivity index (χ1v) is 5.88. The van der Waals surface area contributed by atoms with Gasteiger partial charge in [-0.3, -0.25) is 0 Å². The molecule has 0 saturated heterocycles. The van der Waals surface area contributed by atoms with Crippen LogP contribution in [-0.4, -0.2) is 24.8 Å². The number of aliphatic hydroxyl groups excluding tert-OH is 1. The van der Waals surface area contributed by atoms with E-state index in [0.29, 0.717) is 18.4 Å². The van der Waals surface area contributed by atoms with Crippen LogP contribution in [-0.2, 0) is 0 Å². The summed E-state index contributed by atoms with van der Waals surface area (Å²) in [6.45, 7) is 6.37. The molecule has 1 unspecified atom stereocenters. The van der Waals surface area contributed by atoms with Crippen LogP contribution in [0, 0.1) is 5.92 Å². The molecular formula is C13H20N2O. The van der Waals surface area contributed by atoms with Gasteiger partial charge >= 0.3 is 0 Å². The van der Waals surface area contributed by atoms with E-state index in [2.05, 4.69) is 24.8 Å². The van der Waals surface area contributed by atoms with Crippen LogP contribution in [0.4, 0.5) is 11.4 Å². The number of rotatable bonds is 3. The standard InChI is InChI=1S/C13H20N2O/c1-9(2)12-8-15(5-6-16)13-7-10(14)3-4-11(12)13/h3-4,7,9,12,16H,5-6,8,14H2,1-2H3. The predicted molar refractivity (Wildman–Crippen MR) is 67.7 cm³/mol. The van der Waals surface area contributed by atoms with Gasteiger partial charge in [0, 0.05) is 30.4 Å². The number of hydrogen-bond donors (Lipinski definition) is 2. The van der Waals surface area contributed by atoms with Gasteiger partial charge in [0.1, 0.15) is 0 Å². The first-order valence-electron chi connectivity index (χ1n) is 5.88. The number of nitrogens with two attached hydrogens (primary N) is 1. The van der Waals surface area contributed by atoms with Crippen molar-refractivity contribution >= 4 is 11.4 Å². The third-order valence-electron chi connectivity index (χ3n) is 3.39. The lowest BCUT2D eigenvalue weighted by molar-refractivity contribution is 0.301. The van der Waals surface area contributed by atoms with Crippen LogP contribution < -0.4 is 10.6 Å². The first kappa shape index (κ1) is 11.3. The molecule has 1 heterocycles. The Balaban J connectivity index is 2.36. The molecule has 3 nitrogen and oxygen atoms in total. The van der Waals surface area contributed by atoms with E-state index in [1.165, 1.54) is 11.3 Å². The van der Waals surface area contributed by atoms with Gasteiger partial charge in [-0.1, -0.05) is 19.9 Å². The molecule has 1 aromatic rings. The minimum Gasteiger partial charge on any atom is -0.399 e. The molecule has 1 aromatic carbocycles. The average molecular weight is 220 g/mol. The smallest absolute Gasteiger partial charge is 0.0606 e. The Hall–Kier alpha value is -1.22. The van der Waals surface area contributed by atoms with Crippen molar-refractivity contribution in [2.24, 2.45) is 5.92 Å². The Kier molecular flexibility index (Phi) is 3.06. The van der Waals surface area contributed by atoms with Crippen LogP contribution in [0.3, 0.4) is 0 Å². The number of anilines is 2. The molecule has 0 saturated carbocycles. The van der Waals surface area contributed by atoms with Gasteiger partial charge in [0.05, 0.1) is 6.61 Å². The summed E-state index contributed by atoms with van der Waals surface area (Å²) in [7, 11) is 0. The molecule has 16 heavy (non-hydrogen) atoms. The molecule has 3 heteroatoms. The van der Waals surface area contributed by atoms with E-state index in [-0.39, 0.29) is 6.61 Å². The van der Waals surface area contributed by atoms with Crippen LogP contribution in [0.25, 0.3) is 0 Å². The molecule has 1 aliphatic rings. The van der Waals surface area contributed by atoms with Gasteiger partial charge in [-0.05, 0) is 23.6 Å². The van der Waals surface area contributed by atoms with Crippen LogP contribution in [0.15, 0.2) is 18.2 Å². The van der Waals surface area contributed by atoms with Gasteiger partial charge in [0.15, 0.2) is 0 Å². The molecule has 88 valence electrons. The van der Waals surface area contributed by atoms with Crippen LogP contribution in [0.5, 0.6) is 0 Å². The summed E-state index contributed by atoms with van der Waals surface area (Å²) in [4.78, 5) is 2.23. The van der Waals surface area contributed by atoms with Crippen molar-refractivity contribution < 1.29 is 5.11 Å². The van der Waals surface area contributed by atoms with Crippen molar-refractivity contribution in [3.63, 3.8) is 0 Å². The molecule has 0 fully saturated rings. The Morgan fingerprint density at radius 3 is 2.88 bits per heavy atom. The predicted octanol–water partition coefficient (Wildman–Crippen LogP) is 1.82. The van der Waals surface area contributed by atoms with Gasteiger partial charge in [0.2, 0.25) is 0 Å². The van der Waals surface area contributed by atoms with Crippen molar-refractivity contribution in [1.82, 2.24) is 0 Å². The van der Waals surface area contributed by atoms with E-state index in [1.54, 1.807) is 0 Å². The van der Waals surface area contributed by atoms with E-state index < -0.39 is 0 Å². The van der Waals surface area contributed by atoms with E-state index in [9.17, 15) is 0 Å².